The Morgan fingerprint density at radius 2 is 1.89 bits per heavy atom. The molecule has 0 aliphatic carbocycles. The molecule has 1 aliphatic heterocycles. The first kappa shape index (κ1) is 18.1. The van der Waals surface area contributed by atoms with E-state index < -0.39 is 0 Å². The van der Waals surface area contributed by atoms with Gasteiger partial charge in [-0.2, -0.15) is 0 Å². The van der Waals surface area contributed by atoms with Crippen LogP contribution in [0.15, 0.2) is 53.5 Å². The average molecular weight is 375 g/mol. The maximum absolute atomic E-state index is 12.2. The fourth-order valence-corrected chi connectivity index (χ4v) is 3.27. The summed E-state index contributed by atoms with van der Waals surface area (Å²) in [6.45, 7) is 0.536. The topological polar surface area (TPSA) is 90.7 Å². The largest absolute Gasteiger partial charge is 0.507 e. The molecule has 1 saturated heterocycles. The highest BCUT2D eigenvalue weighted by Gasteiger charge is 2.27. The Bertz CT molecular complexity index is 1080. The molecule has 0 unspecified atom stereocenters. The van der Waals surface area contributed by atoms with Gasteiger partial charge in [0.1, 0.15) is 5.75 Å². The molecule has 3 aromatic rings. The molecule has 28 heavy (non-hydrogen) atoms. The smallest absolute Gasteiger partial charge is 0.239 e. The number of benzene rings is 2. The van der Waals surface area contributed by atoms with Crippen molar-refractivity contribution in [1.82, 2.24) is 20.2 Å². The number of nitrogens with zero attached hydrogens (tertiary/aromatic N) is 4. The minimum atomic E-state index is -0.264. The Hall–Kier alpha value is -3.32. The van der Waals surface area contributed by atoms with Crippen LogP contribution >= 0.6 is 0 Å². The zero-order valence-corrected chi connectivity index (χ0v) is 15.8. The minimum absolute atomic E-state index is 0.0349. The van der Waals surface area contributed by atoms with Crippen molar-refractivity contribution >= 4 is 28.3 Å². The maximum atomic E-state index is 12.2. The van der Waals surface area contributed by atoms with Crippen LogP contribution in [-0.2, 0) is 4.79 Å². The summed E-state index contributed by atoms with van der Waals surface area (Å²) in [4.78, 5) is 27.7. The van der Waals surface area contributed by atoms with E-state index >= 15 is 0 Å². The van der Waals surface area contributed by atoms with Gasteiger partial charge in [0.25, 0.3) is 0 Å². The van der Waals surface area contributed by atoms with E-state index in [-0.39, 0.29) is 17.7 Å². The third-order valence-electron chi connectivity index (χ3n) is 4.72. The van der Waals surface area contributed by atoms with E-state index in [1.165, 1.54) is 0 Å². The van der Waals surface area contributed by atoms with Gasteiger partial charge in [-0.1, -0.05) is 24.3 Å². The molecule has 2 aromatic carbocycles. The summed E-state index contributed by atoms with van der Waals surface area (Å²) in [7, 11) is 3.49. The molecule has 1 aromatic heterocycles. The zero-order valence-electron chi connectivity index (χ0n) is 15.8. The molecule has 1 atom stereocenters. The Kier molecular flexibility index (Phi) is 4.75. The predicted molar refractivity (Wildman–Crippen MR) is 109 cm³/mol. The van der Waals surface area contributed by atoms with Crippen molar-refractivity contribution in [3.63, 3.8) is 0 Å². The number of aliphatic imine (C=N–C) groups is 1. The van der Waals surface area contributed by atoms with E-state index in [0.29, 0.717) is 30.2 Å². The number of hydrogen-bond acceptors (Lipinski definition) is 6. The number of likely N-dealkylation sites (N-methyl/N-ethyl adjacent to an activating group) is 1. The van der Waals surface area contributed by atoms with Crippen LogP contribution in [0, 0.1) is 0 Å². The molecule has 4 rings (SSSR count). The Balaban J connectivity index is 1.77. The number of para-hydroxylation sites is 2. The van der Waals surface area contributed by atoms with Crippen molar-refractivity contribution in [3.8, 4) is 17.1 Å². The molecule has 7 nitrogen and oxygen atoms in total. The first-order chi connectivity index (χ1) is 13.5. The van der Waals surface area contributed by atoms with Crippen LogP contribution in [0.2, 0.25) is 0 Å². The van der Waals surface area contributed by atoms with E-state index in [0.717, 1.165) is 16.6 Å². The van der Waals surface area contributed by atoms with E-state index in [1.54, 1.807) is 37.2 Å². The summed E-state index contributed by atoms with van der Waals surface area (Å²) in [5, 5.41) is 14.2. The summed E-state index contributed by atoms with van der Waals surface area (Å²) >= 11 is 0. The third kappa shape index (κ3) is 3.44. The summed E-state index contributed by atoms with van der Waals surface area (Å²) in [5.74, 6) is 1.12. The van der Waals surface area contributed by atoms with Crippen molar-refractivity contribution in [1.29, 1.82) is 0 Å². The van der Waals surface area contributed by atoms with Gasteiger partial charge in [0.15, 0.2) is 11.6 Å². The molecule has 142 valence electrons. The molecule has 0 radical (unpaired) electrons. The molecular formula is C21H21N5O2. The number of hydrogen-bond donors (Lipinski definition) is 2. The Morgan fingerprint density at radius 3 is 2.68 bits per heavy atom. The standard InChI is InChI=1S/C21H21N5O2/c1-26(2)21(28)17-11-13(12-22-17)23-19-14-7-3-5-9-16(14)24-20(25-19)15-8-4-6-10-18(15)27/h3-10,17,22,27H,11-12H2,1-2H3/t17-/m1/s1. The summed E-state index contributed by atoms with van der Waals surface area (Å²) < 4.78 is 0. The van der Waals surface area contributed by atoms with Crippen molar-refractivity contribution in [2.24, 2.45) is 4.99 Å². The molecule has 2 heterocycles. The number of aromatic nitrogens is 2. The van der Waals surface area contributed by atoms with Gasteiger partial charge in [0, 0.05) is 38.2 Å². The highest BCUT2D eigenvalue weighted by atomic mass is 16.3. The van der Waals surface area contributed by atoms with Crippen LogP contribution in [-0.4, -0.2) is 58.3 Å². The van der Waals surface area contributed by atoms with E-state index in [1.807, 2.05) is 30.3 Å². The van der Waals surface area contributed by atoms with Gasteiger partial charge in [-0.25, -0.2) is 15.0 Å². The first-order valence-corrected chi connectivity index (χ1v) is 9.09. The fourth-order valence-electron chi connectivity index (χ4n) is 3.27. The van der Waals surface area contributed by atoms with Gasteiger partial charge in [-0.3, -0.25) is 4.79 Å². The number of nitrogens with one attached hydrogen (secondary N) is 1. The Labute approximate surface area is 162 Å². The van der Waals surface area contributed by atoms with Crippen molar-refractivity contribution in [2.75, 3.05) is 20.6 Å². The number of phenols is 1. The lowest BCUT2D eigenvalue weighted by molar-refractivity contribution is -0.130. The lowest BCUT2D eigenvalue weighted by atomic mass is 10.1. The van der Waals surface area contributed by atoms with Crippen LogP contribution < -0.4 is 5.32 Å². The zero-order chi connectivity index (χ0) is 19.7. The summed E-state index contributed by atoms with van der Waals surface area (Å²) in [6, 6.07) is 14.4. The van der Waals surface area contributed by atoms with Crippen LogP contribution in [0.5, 0.6) is 5.75 Å². The quantitative estimate of drug-likeness (QED) is 0.734. The SMILES string of the molecule is CN(C)C(=O)[C@H]1CC(=Nc2nc(-c3ccccc3O)nc3ccccc23)CN1. The average Bonchev–Trinajstić information content (AvgIpc) is 3.16. The molecule has 7 heteroatoms. The monoisotopic (exact) mass is 375 g/mol. The normalized spacial score (nSPS) is 17.9. The van der Waals surface area contributed by atoms with Crippen molar-refractivity contribution in [3.05, 3.63) is 48.5 Å². The maximum Gasteiger partial charge on any atom is 0.239 e. The van der Waals surface area contributed by atoms with E-state index in [2.05, 4.69) is 15.3 Å². The molecule has 1 fully saturated rings. The highest BCUT2D eigenvalue weighted by molar-refractivity contribution is 6.00. The first-order valence-electron chi connectivity index (χ1n) is 9.09. The fraction of sp³-hybridized carbons (Fsp3) is 0.238. The molecule has 1 aliphatic rings. The van der Waals surface area contributed by atoms with Crippen LogP contribution in [0.25, 0.3) is 22.3 Å². The molecule has 2 N–H and O–H groups in total. The van der Waals surface area contributed by atoms with Crippen molar-refractivity contribution < 1.29 is 9.90 Å². The highest BCUT2D eigenvalue weighted by Crippen LogP contribution is 2.31. The van der Waals surface area contributed by atoms with Crippen LogP contribution in [0.1, 0.15) is 6.42 Å². The molecule has 0 saturated carbocycles. The second-order valence-electron chi connectivity index (χ2n) is 6.95. The van der Waals surface area contributed by atoms with E-state index in [9.17, 15) is 9.90 Å². The summed E-state index contributed by atoms with van der Waals surface area (Å²) in [6.07, 6.45) is 0.543. The van der Waals surface area contributed by atoms with Crippen LogP contribution in [0.4, 0.5) is 5.82 Å². The van der Waals surface area contributed by atoms with Gasteiger partial charge in [-0.15, -0.1) is 0 Å². The predicted octanol–water partition coefficient (Wildman–Crippen LogP) is 2.53. The van der Waals surface area contributed by atoms with Crippen molar-refractivity contribution in [2.45, 2.75) is 12.5 Å². The second-order valence-corrected chi connectivity index (χ2v) is 6.95. The third-order valence-corrected chi connectivity index (χ3v) is 4.72. The second kappa shape index (κ2) is 7.36. The van der Waals surface area contributed by atoms with Crippen LogP contribution in [0.3, 0.4) is 0 Å². The lowest BCUT2D eigenvalue weighted by Crippen LogP contribution is -2.39. The number of fused-ring (bicyclic) bond motifs is 1. The van der Waals surface area contributed by atoms with Gasteiger partial charge in [-0.05, 0) is 24.3 Å². The molecule has 0 spiro atoms. The number of carbonyl (C=O) groups excluding carboxylic acids is 1. The van der Waals surface area contributed by atoms with E-state index in [4.69, 9.17) is 4.99 Å². The number of amides is 1. The molecule has 1 amide bonds. The van der Waals surface area contributed by atoms with Gasteiger partial charge >= 0.3 is 0 Å². The number of phenolic OH excluding ortho intramolecular Hbond substituents is 1. The lowest BCUT2D eigenvalue weighted by Gasteiger charge is -2.15. The molecule has 0 bridgehead atoms. The minimum Gasteiger partial charge on any atom is -0.507 e. The van der Waals surface area contributed by atoms with Gasteiger partial charge in [0.2, 0.25) is 5.91 Å². The Morgan fingerprint density at radius 1 is 1.14 bits per heavy atom. The molecular weight excluding hydrogens is 354 g/mol. The number of carbonyl (C=O) groups is 1. The summed E-state index contributed by atoms with van der Waals surface area (Å²) in [5.41, 5.74) is 2.18. The number of aromatic hydroxyl groups is 1. The van der Waals surface area contributed by atoms with Gasteiger partial charge < -0.3 is 15.3 Å². The van der Waals surface area contributed by atoms with Gasteiger partial charge in [0.05, 0.1) is 17.1 Å². The number of rotatable bonds is 3.